The maximum atomic E-state index is 3.78. The van der Waals surface area contributed by atoms with Gasteiger partial charge in [-0.3, -0.25) is 0 Å². The van der Waals surface area contributed by atoms with E-state index in [1.54, 1.807) is 10.4 Å². The Morgan fingerprint density at radius 3 is 3.12 bits per heavy atom. The molecule has 1 heterocycles. The quantitative estimate of drug-likeness (QED) is 0.583. The molecular formula is C14H21NS. The van der Waals surface area contributed by atoms with Gasteiger partial charge in [0, 0.05) is 15.8 Å². The van der Waals surface area contributed by atoms with Crippen LogP contribution in [-0.4, -0.2) is 7.05 Å². The summed E-state index contributed by atoms with van der Waals surface area (Å²) in [5, 5.41) is 3.44. The Hall–Kier alpha value is -0.600. The summed E-state index contributed by atoms with van der Waals surface area (Å²) in [6, 6.07) is 2.98. The van der Waals surface area contributed by atoms with Crippen LogP contribution >= 0.6 is 11.3 Å². The molecule has 2 rings (SSSR count). The normalized spacial score (nSPS) is 16.1. The lowest BCUT2D eigenvalue weighted by atomic mass is 10.1. The molecule has 1 N–H and O–H groups in total. The van der Waals surface area contributed by atoms with E-state index in [0.717, 1.165) is 6.42 Å². The molecule has 88 valence electrons. The number of hydrogen-bond donors (Lipinski definition) is 1. The second-order valence-electron chi connectivity index (χ2n) is 4.51. The molecule has 1 nitrogen and oxygen atoms in total. The van der Waals surface area contributed by atoms with Crippen molar-refractivity contribution in [1.29, 1.82) is 0 Å². The highest BCUT2D eigenvalue weighted by atomic mass is 32.1. The number of rotatable bonds is 6. The maximum Gasteiger partial charge on any atom is 0.0412 e. The van der Waals surface area contributed by atoms with E-state index in [0.29, 0.717) is 6.04 Å². The summed E-state index contributed by atoms with van der Waals surface area (Å²) in [5.41, 5.74) is 1.61. The van der Waals surface area contributed by atoms with Gasteiger partial charge >= 0.3 is 0 Å². The van der Waals surface area contributed by atoms with Crippen LogP contribution in [0.4, 0.5) is 0 Å². The van der Waals surface area contributed by atoms with Crippen molar-refractivity contribution in [2.75, 3.05) is 7.05 Å². The molecule has 0 saturated heterocycles. The molecule has 1 atom stereocenters. The fourth-order valence-electron chi connectivity index (χ4n) is 2.42. The number of allylic oxidation sites excluding steroid dienone is 1. The molecular weight excluding hydrogens is 214 g/mol. The van der Waals surface area contributed by atoms with E-state index in [9.17, 15) is 0 Å². The van der Waals surface area contributed by atoms with E-state index >= 15 is 0 Å². The fourth-order valence-corrected chi connectivity index (χ4v) is 3.82. The highest BCUT2D eigenvalue weighted by molar-refractivity contribution is 7.12. The number of thiophene rings is 1. The van der Waals surface area contributed by atoms with E-state index in [1.807, 2.05) is 17.4 Å². The first-order valence-electron chi connectivity index (χ1n) is 6.24. The van der Waals surface area contributed by atoms with Gasteiger partial charge in [-0.05, 0) is 57.2 Å². The summed E-state index contributed by atoms with van der Waals surface area (Å²) in [6.07, 6.45) is 9.57. The van der Waals surface area contributed by atoms with E-state index in [4.69, 9.17) is 0 Å². The van der Waals surface area contributed by atoms with Crippen molar-refractivity contribution in [3.63, 3.8) is 0 Å². The first-order valence-corrected chi connectivity index (χ1v) is 7.06. The number of fused-ring (bicyclic) bond motifs is 1. The summed E-state index contributed by atoms with van der Waals surface area (Å²) in [4.78, 5) is 3.18. The zero-order chi connectivity index (χ0) is 11.4. The third-order valence-electron chi connectivity index (χ3n) is 3.36. The van der Waals surface area contributed by atoms with Crippen LogP contribution in [0.1, 0.15) is 47.0 Å². The Morgan fingerprint density at radius 2 is 2.44 bits per heavy atom. The van der Waals surface area contributed by atoms with E-state index in [-0.39, 0.29) is 0 Å². The standard InChI is InChI=1S/C14H21NS/c1-3-4-5-8-12(15-2)14-10-11-7-6-9-13(11)16-14/h3,10,12,15H,1,4-9H2,2H3. The van der Waals surface area contributed by atoms with Gasteiger partial charge in [-0.25, -0.2) is 0 Å². The fraction of sp³-hybridized carbons (Fsp3) is 0.571. The van der Waals surface area contributed by atoms with Gasteiger partial charge in [0.2, 0.25) is 0 Å². The van der Waals surface area contributed by atoms with Crippen molar-refractivity contribution in [2.45, 2.75) is 44.6 Å². The van der Waals surface area contributed by atoms with Crippen LogP contribution in [0.15, 0.2) is 18.7 Å². The second-order valence-corrected chi connectivity index (χ2v) is 5.68. The molecule has 1 unspecified atom stereocenters. The second kappa shape index (κ2) is 5.65. The number of unbranched alkanes of at least 4 members (excludes halogenated alkanes) is 1. The molecule has 1 aromatic heterocycles. The highest BCUT2D eigenvalue weighted by Crippen LogP contribution is 2.35. The zero-order valence-corrected chi connectivity index (χ0v) is 10.9. The molecule has 0 fully saturated rings. The molecule has 0 saturated carbocycles. The Labute approximate surface area is 103 Å². The lowest BCUT2D eigenvalue weighted by Gasteiger charge is -2.13. The third kappa shape index (κ3) is 2.55. The molecule has 0 bridgehead atoms. The Morgan fingerprint density at radius 1 is 1.56 bits per heavy atom. The van der Waals surface area contributed by atoms with Gasteiger partial charge in [0.15, 0.2) is 0 Å². The van der Waals surface area contributed by atoms with Crippen molar-refractivity contribution in [3.05, 3.63) is 34.0 Å². The molecule has 0 spiro atoms. The van der Waals surface area contributed by atoms with Gasteiger partial charge in [-0.1, -0.05) is 6.08 Å². The van der Waals surface area contributed by atoms with Gasteiger partial charge in [0.05, 0.1) is 0 Å². The molecule has 16 heavy (non-hydrogen) atoms. The van der Waals surface area contributed by atoms with Crippen LogP contribution in [0.25, 0.3) is 0 Å². The number of aryl methyl sites for hydroxylation is 2. The maximum absolute atomic E-state index is 3.78. The van der Waals surface area contributed by atoms with E-state index in [1.165, 1.54) is 37.0 Å². The first kappa shape index (κ1) is 11.9. The van der Waals surface area contributed by atoms with Crippen molar-refractivity contribution < 1.29 is 0 Å². The van der Waals surface area contributed by atoms with Crippen LogP contribution in [-0.2, 0) is 12.8 Å². The largest absolute Gasteiger partial charge is 0.312 e. The van der Waals surface area contributed by atoms with E-state index < -0.39 is 0 Å². The minimum absolute atomic E-state index is 0.551. The monoisotopic (exact) mass is 235 g/mol. The predicted molar refractivity (Wildman–Crippen MR) is 72.2 cm³/mol. The first-order chi connectivity index (χ1) is 7.85. The van der Waals surface area contributed by atoms with Crippen LogP contribution in [0, 0.1) is 0 Å². The average molecular weight is 235 g/mol. The van der Waals surface area contributed by atoms with Crippen LogP contribution < -0.4 is 5.32 Å². The zero-order valence-electron chi connectivity index (χ0n) is 10.1. The molecule has 1 aromatic rings. The summed E-state index contributed by atoms with van der Waals surface area (Å²) in [7, 11) is 2.07. The van der Waals surface area contributed by atoms with Crippen molar-refractivity contribution >= 4 is 11.3 Å². The lowest BCUT2D eigenvalue weighted by Crippen LogP contribution is -2.14. The SMILES string of the molecule is C=CCCCC(NC)c1cc2c(s1)CCC2. The summed E-state index contributed by atoms with van der Waals surface area (Å²) < 4.78 is 0. The highest BCUT2D eigenvalue weighted by Gasteiger charge is 2.18. The molecule has 0 radical (unpaired) electrons. The lowest BCUT2D eigenvalue weighted by molar-refractivity contribution is 0.537. The molecule has 0 aliphatic heterocycles. The number of hydrogen-bond acceptors (Lipinski definition) is 2. The van der Waals surface area contributed by atoms with Crippen LogP contribution in [0.3, 0.4) is 0 Å². The molecule has 2 heteroatoms. The van der Waals surface area contributed by atoms with Crippen molar-refractivity contribution in [1.82, 2.24) is 5.32 Å². The van der Waals surface area contributed by atoms with Crippen molar-refractivity contribution in [3.8, 4) is 0 Å². The van der Waals surface area contributed by atoms with Gasteiger partial charge in [-0.15, -0.1) is 17.9 Å². The van der Waals surface area contributed by atoms with Gasteiger partial charge in [0.1, 0.15) is 0 Å². The van der Waals surface area contributed by atoms with Gasteiger partial charge < -0.3 is 5.32 Å². The van der Waals surface area contributed by atoms with E-state index in [2.05, 4.69) is 25.0 Å². The Balaban J connectivity index is 1.99. The molecule has 1 aliphatic rings. The van der Waals surface area contributed by atoms with Crippen molar-refractivity contribution in [2.24, 2.45) is 0 Å². The minimum Gasteiger partial charge on any atom is -0.312 e. The number of nitrogens with one attached hydrogen (secondary N) is 1. The summed E-state index contributed by atoms with van der Waals surface area (Å²) in [5.74, 6) is 0. The van der Waals surface area contributed by atoms with Crippen LogP contribution in [0.5, 0.6) is 0 Å². The molecule has 0 aromatic carbocycles. The predicted octanol–water partition coefficient (Wildman–Crippen LogP) is 3.85. The van der Waals surface area contributed by atoms with Gasteiger partial charge in [-0.2, -0.15) is 0 Å². The van der Waals surface area contributed by atoms with Gasteiger partial charge in [0.25, 0.3) is 0 Å². The summed E-state index contributed by atoms with van der Waals surface area (Å²) in [6.45, 7) is 3.78. The van der Waals surface area contributed by atoms with Crippen LogP contribution in [0.2, 0.25) is 0 Å². The topological polar surface area (TPSA) is 12.0 Å². The Bertz CT molecular complexity index is 332. The third-order valence-corrected chi connectivity index (χ3v) is 4.71. The smallest absolute Gasteiger partial charge is 0.0412 e. The summed E-state index contributed by atoms with van der Waals surface area (Å²) >= 11 is 2.02. The molecule has 1 aliphatic carbocycles. The average Bonchev–Trinajstić information content (AvgIpc) is 2.84. The minimum atomic E-state index is 0.551. The molecule has 0 amide bonds. The Kier molecular flexibility index (Phi) is 4.19.